The second-order valence-electron chi connectivity index (χ2n) is 11.2. The fourth-order valence-corrected chi connectivity index (χ4v) is 5.11. The summed E-state index contributed by atoms with van der Waals surface area (Å²) in [7, 11) is 0. The van der Waals surface area contributed by atoms with E-state index in [-0.39, 0.29) is 11.8 Å². The Morgan fingerprint density at radius 1 is 0.568 bits per heavy atom. The van der Waals surface area contributed by atoms with E-state index in [0.717, 1.165) is 22.3 Å². The van der Waals surface area contributed by atoms with E-state index in [1.165, 1.54) is 0 Å². The molecule has 4 aromatic carbocycles. The molecule has 4 rings (SSSR count). The van der Waals surface area contributed by atoms with Crippen LogP contribution < -0.4 is 9.47 Å². The Kier molecular flexibility index (Phi) is 12.0. The van der Waals surface area contributed by atoms with Crippen molar-refractivity contribution in [3.8, 4) is 11.5 Å². The maximum absolute atomic E-state index is 14.0. The first kappa shape index (κ1) is 32.3. The monoisotopic (exact) mass is 592 g/mol. The van der Waals surface area contributed by atoms with E-state index in [1.54, 1.807) is 0 Å². The number of rotatable bonds is 15. The van der Waals surface area contributed by atoms with Gasteiger partial charge in [0.15, 0.2) is 12.2 Å². The highest BCUT2D eigenvalue weighted by Gasteiger charge is 2.29. The van der Waals surface area contributed by atoms with Crippen LogP contribution in [-0.2, 0) is 22.7 Å². The average molecular weight is 593 g/mol. The third kappa shape index (κ3) is 9.46. The first-order chi connectivity index (χ1) is 21.4. The molecule has 0 radical (unpaired) electrons. The molecule has 0 fully saturated rings. The summed E-state index contributed by atoms with van der Waals surface area (Å²) in [6.45, 7) is 9.44. The van der Waals surface area contributed by atoms with Crippen molar-refractivity contribution in [3.63, 3.8) is 0 Å². The maximum atomic E-state index is 14.0. The average Bonchev–Trinajstić information content (AvgIpc) is 3.04. The normalized spacial score (nSPS) is 12.2. The Bertz CT molecular complexity index is 1360. The van der Waals surface area contributed by atoms with Crippen molar-refractivity contribution in [1.29, 1.82) is 0 Å². The lowest BCUT2D eigenvalue weighted by Crippen LogP contribution is -2.48. The Hall–Kier alpha value is -4.58. The van der Waals surface area contributed by atoms with Crippen molar-refractivity contribution >= 4 is 11.8 Å². The van der Waals surface area contributed by atoms with Gasteiger partial charge in [0.25, 0.3) is 11.8 Å². The molecule has 0 aliphatic carbocycles. The highest BCUT2D eigenvalue weighted by molar-refractivity contribution is 5.82. The number of ether oxygens (including phenoxy) is 2. The zero-order valence-corrected chi connectivity index (χ0v) is 26.3. The number of amides is 2. The molecule has 0 saturated carbocycles. The molecule has 4 aromatic rings. The van der Waals surface area contributed by atoms with E-state index in [0.29, 0.717) is 50.5 Å². The summed E-state index contributed by atoms with van der Waals surface area (Å²) in [6.07, 6.45) is -0.251. The van der Waals surface area contributed by atoms with Gasteiger partial charge in [-0.3, -0.25) is 9.59 Å². The highest BCUT2D eigenvalue weighted by Crippen LogP contribution is 2.20. The molecule has 0 spiro atoms. The first-order valence-corrected chi connectivity index (χ1v) is 15.5. The van der Waals surface area contributed by atoms with Crippen LogP contribution in [0.4, 0.5) is 0 Å². The zero-order chi connectivity index (χ0) is 31.3. The molecule has 2 atom stereocenters. The second kappa shape index (κ2) is 16.3. The highest BCUT2D eigenvalue weighted by atomic mass is 16.5. The van der Waals surface area contributed by atoms with Crippen LogP contribution in [-0.4, -0.2) is 46.9 Å². The Morgan fingerprint density at radius 2 is 0.955 bits per heavy atom. The van der Waals surface area contributed by atoms with Crippen molar-refractivity contribution in [2.75, 3.05) is 13.1 Å². The van der Waals surface area contributed by atoms with Crippen LogP contribution in [0.1, 0.15) is 48.9 Å². The quantitative estimate of drug-likeness (QED) is 0.145. The summed E-state index contributed by atoms with van der Waals surface area (Å²) in [5, 5.41) is 0. The van der Waals surface area contributed by atoms with E-state index < -0.39 is 12.2 Å². The van der Waals surface area contributed by atoms with Gasteiger partial charge in [-0.2, -0.15) is 0 Å². The number of carbonyl (C=O) groups is 2. The Balaban J connectivity index is 1.57. The summed E-state index contributed by atoms with van der Waals surface area (Å²) in [4.78, 5) is 31.7. The van der Waals surface area contributed by atoms with Crippen LogP contribution >= 0.6 is 0 Å². The SMILES string of the molecule is CCC(Oc1cccc(C)c1)C(=O)N(CCN(Cc1ccccc1)C(=O)C(CC)Oc1cccc(C)c1)Cc1ccccc1. The summed E-state index contributed by atoms with van der Waals surface area (Å²) in [6, 6.07) is 35.4. The Morgan fingerprint density at radius 3 is 1.30 bits per heavy atom. The molecule has 230 valence electrons. The molecule has 2 unspecified atom stereocenters. The van der Waals surface area contributed by atoms with Gasteiger partial charge in [-0.1, -0.05) is 98.8 Å². The van der Waals surface area contributed by atoms with Gasteiger partial charge in [0.05, 0.1) is 0 Å². The third-order valence-corrected chi connectivity index (χ3v) is 7.52. The van der Waals surface area contributed by atoms with Crippen molar-refractivity contribution < 1.29 is 19.1 Å². The molecule has 0 heterocycles. The molecule has 44 heavy (non-hydrogen) atoms. The van der Waals surface area contributed by atoms with E-state index in [1.807, 2.05) is 147 Å². The second-order valence-corrected chi connectivity index (χ2v) is 11.2. The van der Waals surface area contributed by atoms with E-state index in [4.69, 9.17) is 9.47 Å². The van der Waals surface area contributed by atoms with Crippen LogP contribution in [0.5, 0.6) is 11.5 Å². The minimum absolute atomic E-state index is 0.104. The standard InChI is InChI=1S/C38H44N2O4/c1-5-35(43-33-21-13-15-29(3)25-33)37(41)39(27-31-17-9-7-10-18-31)23-24-40(28-32-19-11-8-12-20-32)38(42)36(6-2)44-34-22-14-16-30(4)26-34/h7-22,25-26,35-36H,5-6,23-24,27-28H2,1-4H3. The fraction of sp³-hybridized carbons (Fsp3) is 0.316. The molecule has 0 bridgehead atoms. The van der Waals surface area contributed by atoms with Gasteiger partial charge in [0.1, 0.15) is 11.5 Å². The van der Waals surface area contributed by atoms with Crippen LogP contribution in [0.3, 0.4) is 0 Å². The molecule has 0 aromatic heterocycles. The van der Waals surface area contributed by atoms with Gasteiger partial charge < -0.3 is 19.3 Å². The zero-order valence-electron chi connectivity index (χ0n) is 26.3. The molecule has 0 N–H and O–H groups in total. The van der Waals surface area contributed by atoms with E-state index >= 15 is 0 Å². The minimum atomic E-state index is -0.646. The van der Waals surface area contributed by atoms with E-state index in [2.05, 4.69) is 0 Å². The fourth-order valence-electron chi connectivity index (χ4n) is 5.11. The predicted molar refractivity (Wildman–Crippen MR) is 175 cm³/mol. The number of hydrogen-bond acceptors (Lipinski definition) is 4. The molecule has 0 saturated heterocycles. The lowest BCUT2D eigenvalue weighted by molar-refractivity contribution is -0.143. The van der Waals surface area contributed by atoms with E-state index in [9.17, 15) is 9.59 Å². The smallest absolute Gasteiger partial charge is 0.263 e. The van der Waals surface area contributed by atoms with Crippen LogP contribution in [0, 0.1) is 13.8 Å². The minimum Gasteiger partial charge on any atom is -0.481 e. The molecular formula is C38H44N2O4. The summed E-state index contributed by atoms with van der Waals surface area (Å²) in [5.74, 6) is 1.13. The lowest BCUT2D eigenvalue weighted by atomic mass is 10.1. The molecular weight excluding hydrogens is 548 g/mol. The maximum Gasteiger partial charge on any atom is 0.263 e. The molecule has 0 aliphatic heterocycles. The number of aryl methyl sites for hydroxylation is 2. The van der Waals surface area contributed by atoms with Gasteiger partial charge in [-0.15, -0.1) is 0 Å². The van der Waals surface area contributed by atoms with Gasteiger partial charge in [0.2, 0.25) is 0 Å². The van der Waals surface area contributed by atoms with Crippen LogP contribution in [0.15, 0.2) is 109 Å². The molecule has 6 nitrogen and oxygen atoms in total. The van der Waals surface area contributed by atoms with Gasteiger partial charge in [0, 0.05) is 26.2 Å². The predicted octanol–water partition coefficient (Wildman–Crippen LogP) is 7.38. The number of carbonyl (C=O) groups excluding carboxylic acids is 2. The molecule has 0 aliphatic rings. The first-order valence-electron chi connectivity index (χ1n) is 15.5. The van der Waals surface area contributed by atoms with Crippen molar-refractivity contribution in [2.24, 2.45) is 0 Å². The van der Waals surface area contributed by atoms with Crippen LogP contribution in [0.25, 0.3) is 0 Å². The summed E-state index contributed by atoms with van der Waals surface area (Å²) >= 11 is 0. The van der Waals surface area contributed by atoms with Gasteiger partial charge >= 0.3 is 0 Å². The van der Waals surface area contributed by atoms with Gasteiger partial charge in [-0.05, 0) is 73.2 Å². The summed E-state index contributed by atoms with van der Waals surface area (Å²) < 4.78 is 12.4. The van der Waals surface area contributed by atoms with Crippen molar-refractivity contribution in [2.45, 2.75) is 65.8 Å². The van der Waals surface area contributed by atoms with Gasteiger partial charge in [-0.25, -0.2) is 0 Å². The number of nitrogens with zero attached hydrogens (tertiary/aromatic N) is 2. The Labute approximate surface area is 262 Å². The molecule has 2 amide bonds. The molecule has 6 heteroatoms. The summed E-state index contributed by atoms with van der Waals surface area (Å²) in [5.41, 5.74) is 4.17. The topological polar surface area (TPSA) is 59.1 Å². The largest absolute Gasteiger partial charge is 0.481 e. The third-order valence-electron chi connectivity index (χ3n) is 7.52. The number of hydrogen-bond donors (Lipinski definition) is 0. The van der Waals surface area contributed by atoms with Crippen LogP contribution in [0.2, 0.25) is 0 Å². The lowest BCUT2D eigenvalue weighted by Gasteiger charge is -2.32. The van der Waals surface area contributed by atoms with Crippen molar-refractivity contribution in [1.82, 2.24) is 9.80 Å². The number of benzene rings is 4. The van der Waals surface area contributed by atoms with Crippen molar-refractivity contribution in [3.05, 3.63) is 131 Å².